The van der Waals surface area contributed by atoms with E-state index in [0.717, 1.165) is 27.7 Å². The second-order valence-electron chi connectivity index (χ2n) is 8.83. The maximum absolute atomic E-state index is 13.7. The molecule has 168 valence electrons. The highest BCUT2D eigenvalue weighted by Crippen LogP contribution is 2.47. The molecule has 2 aliphatic heterocycles. The lowest BCUT2D eigenvalue weighted by Gasteiger charge is -2.40. The van der Waals surface area contributed by atoms with Crippen molar-refractivity contribution in [2.45, 2.75) is 37.8 Å². The Morgan fingerprint density at radius 2 is 1.67 bits per heavy atom. The Kier molecular flexibility index (Phi) is 6.07. The molecule has 0 N–H and O–H groups in total. The molecule has 3 aromatic rings. The van der Waals surface area contributed by atoms with Gasteiger partial charge in [-0.05, 0) is 60.0 Å². The van der Waals surface area contributed by atoms with E-state index in [1.807, 2.05) is 52.4 Å². The third kappa shape index (κ3) is 4.07. The van der Waals surface area contributed by atoms with Gasteiger partial charge in [-0.15, -0.1) is 23.5 Å². The van der Waals surface area contributed by atoms with Crippen LogP contribution in [-0.2, 0) is 0 Å². The van der Waals surface area contributed by atoms with Crippen LogP contribution in [0.15, 0.2) is 80.3 Å². The molecular weight excluding hydrogens is 465 g/mol. The quantitative estimate of drug-likeness (QED) is 0.494. The molecule has 0 spiro atoms. The van der Waals surface area contributed by atoms with Crippen LogP contribution in [0, 0.1) is 5.92 Å². The van der Waals surface area contributed by atoms with Gasteiger partial charge >= 0.3 is 0 Å². The third-order valence-corrected chi connectivity index (χ3v) is 10.5. The summed E-state index contributed by atoms with van der Waals surface area (Å²) in [5.74, 6) is 2.76. The van der Waals surface area contributed by atoms with E-state index in [1.165, 1.54) is 39.7 Å². The fraction of sp³-hybridized carbons (Fsp3) is 0.333. The van der Waals surface area contributed by atoms with E-state index >= 15 is 0 Å². The van der Waals surface area contributed by atoms with Crippen molar-refractivity contribution in [3.63, 3.8) is 0 Å². The number of thiazole rings is 1. The van der Waals surface area contributed by atoms with Crippen LogP contribution in [0.25, 0.3) is 6.08 Å². The maximum atomic E-state index is 13.7. The molecule has 3 nitrogen and oxygen atoms in total. The van der Waals surface area contributed by atoms with Crippen LogP contribution in [0.4, 0.5) is 0 Å². The van der Waals surface area contributed by atoms with Crippen molar-refractivity contribution in [2.75, 3.05) is 11.5 Å². The standard InChI is InChI=1S/C27H26N2OS3/c30-25-22(17-18-9-3-1-4-10-18)33-27-28-23-20(24(29(25)27)19-11-5-2-6-12-19)13-7-14-21(23)26-31-15-8-16-32-26/h1-6,9-12,17,20,23-24H,7-8,13-16H2/b22-17+/t20-,23+,24+/m0/s1. The summed E-state index contributed by atoms with van der Waals surface area (Å²) >= 11 is 5.60. The Balaban J connectivity index is 1.57. The van der Waals surface area contributed by atoms with Gasteiger partial charge in [-0.25, -0.2) is 0 Å². The Bertz CT molecular complexity index is 1350. The zero-order valence-corrected chi connectivity index (χ0v) is 20.8. The molecule has 6 heteroatoms. The number of benzene rings is 2. The summed E-state index contributed by atoms with van der Waals surface area (Å²) in [5.41, 5.74) is 3.91. The van der Waals surface area contributed by atoms with Gasteiger partial charge in [0.15, 0.2) is 4.80 Å². The minimum absolute atomic E-state index is 0.0415. The van der Waals surface area contributed by atoms with Gasteiger partial charge in [-0.2, -0.15) is 0 Å². The summed E-state index contributed by atoms with van der Waals surface area (Å²) in [6.45, 7) is 0. The highest BCUT2D eigenvalue weighted by Gasteiger charge is 2.41. The van der Waals surface area contributed by atoms with Crippen molar-refractivity contribution in [1.82, 2.24) is 4.57 Å². The maximum Gasteiger partial charge on any atom is 0.270 e. The normalized spacial score (nSPS) is 25.3. The number of rotatable bonds is 2. The highest BCUT2D eigenvalue weighted by atomic mass is 32.2. The van der Waals surface area contributed by atoms with Crippen molar-refractivity contribution < 1.29 is 0 Å². The molecule has 0 bridgehead atoms. The van der Waals surface area contributed by atoms with Gasteiger partial charge in [0.1, 0.15) is 0 Å². The van der Waals surface area contributed by atoms with Gasteiger partial charge in [-0.3, -0.25) is 14.4 Å². The predicted octanol–water partition coefficient (Wildman–Crippen LogP) is 5.21. The van der Waals surface area contributed by atoms with Crippen LogP contribution >= 0.6 is 34.9 Å². The van der Waals surface area contributed by atoms with E-state index in [9.17, 15) is 4.79 Å². The Morgan fingerprint density at radius 3 is 2.42 bits per heavy atom. The molecule has 1 saturated carbocycles. The topological polar surface area (TPSA) is 34.4 Å². The summed E-state index contributed by atoms with van der Waals surface area (Å²) in [7, 11) is 0. The van der Waals surface area contributed by atoms with E-state index in [1.54, 1.807) is 11.3 Å². The summed E-state index contributed by atoms with van der Waals surface area (Å²) < 4.78 is 4.29. The molecule has 6 rings (SSSR count). The minimum Gasteiger partial charge on any atom is -0.276 e. The minimum atomic E-state index is 0.0415. The lowest BCUT2D eigenvalue weighted by Crippen LogP contribution is -2.47. The first-order chi connectivity index (χ1) is 16.3. The number of thioether (sulfide) groups is 2. The van der Waals surface area contributed by atoms with Crippen molar-refractivity contribution in [2.24, 2.45) is 10.9 Å². The zero-order valence-electron chi connectivity index (χ0n) is 18.4. The predicted molar refractivity (Wildman–Crippen MR) is 142 cm³/mol. The van der Waals surface area contributed by atoms with Crippen molar-refractivity contribution in [1.29, 1.82) is 0 Å². The third-order valence-electron chi connectivity index (χ3n) is 6.77. The van der Waals surface area contributed by atoms with E-state index in [2.05, 4.69) is 42.5 Å². The molecule has 3 heterocycles. The van der Waals surface area contributed by atoms with Crippen molar-refractivity contribution in [3.05, 3.63) is 101 Å². The van der Waals surface area contributed by atoms with Crippen molar-refractivity contribution in [3.8, 4) is 0 Å². The van der Waals surface area contributed by atoms with Crippen LogP contribution < -0.4 is 14.9 Å². The average Bonchev–Trinajstić information content (AvgIpc) is 3.18. The molecule has 33 heavy (non-hydrogen) atoms. The average molecular weight is 491 g/mol. The molecule has 2 fully saturated rings. The SMILES string of the molecule is O=c1/c(=C\c2ccccc2)sc2n1[C@H](c1ccccc1)[C@H]1CCCC(=C3SCCCS3)[C@@H]1N=2. The summed E-state index contributed by atoms with van der Waals surface area (Å²) in [6.07, 6.45) is 6.73. The zero-order chi connectivity index (χ0) is 22.2. The summed E-state index contributed by atoms with van der Waals surface area (Å²) in [4.78, 5) is 19.9. The second-order valence-corrected chi connectivity index (χ2v) is 12.3. The molecule has 0 unspecified atom stereocenters. The van der Waals surface area contributed by atoms with Gasteiger partial charge in [0, 0.05) is 10.2 Å². The molecule has 0 radical (unpaired) electrons. The first-order valence-electron chi connectivity index (χ1n) is 11.7. The van der Waals surface area contributed by atoms with E-state index < -0.39 is 0 Å². The monoisotopic (exact) mass is 490 g/mol. The fourth-order valence-electron chi connectivity index (χ4n) is 5.31. The number of hydrogen-bond acceptors (Lipinski definition) is 5. The number of nitrogens with zero attached hydrogens (tertiary/aromatic N) is 2. The summed E-state index contributed by atoms with van der Waals surface area (Å²) in [6, 6.07) is 21.0. The first-order valence-corrected chi connectivity index (χ1v) is 14.5. The Morgan fingerprint density at radius 1 is 0.939 bits per heavy atom. The van der Waals surface area contributed by atoms with Crippen LogP contribution in [0.2, 0.25) is 0 Å². The van der Waals surface area contributed by atoms with Gasteiger partial charge in [0.05, 0.1) is 16.6 Å². The highest BCUT2D eigenvalue weighted by molar-refractivity contribution is 8.22. The second kappa shape index (κ2) is 9.32. The Hall–Kier alpha value is -2.02. The van der Waals surface area contributed by atoms with Crippen LogP contribution in [0.1, 0.15) is 42.9 Å². The van der Waals surface area contributed by atoms with Crippen LogP contribution in [0.5, 0.6) is 0 Å². The van der Waals surface area contributed by atoms with Gasteiger partial charge in [0.2, 0.25) is 0 Å². The van der Waals surface area contributed by atoms with Gasteiger partial charge in [-0.1, -0.05) is 72.0 Å². The van der Waals surface area contributed by atoms with Gasteiger partial charge in [0.25, 0.3) is 5.56 Å². The van der Waals surface area contributed by atoms with E-state index in [0.29, 0.717) is 5.92 Å². The first kappa shape index (κ1) is 21.5. The molecule has 3 atom stereocenters. The largest absolute Gasteiger partial charge is 0.276 e. The molecule has 1 aliphatic carbocycles. The molecular formula is C27H26N2OS3. The number of fused-ring (bicyclic) bond motifs is 2. The molecule has 2 aromatic carbocycles. The van der Waals surface area contributed by atoms with Crippen LogP contribution in [0.3, 0.4) is 0 Å². The smallest absolute Gasteiger partial charge is 0.270 e. The number of hydrogen-bond donors (Lipinski definition) is 0. The molecule has 3 aliphatic rings. The lowest BCUT2D eigenvalue weighted by atomic mass is 9.75. The lowest BCUT2D eigenvalue weighted by molar-refractivity contribution is 0.254. The van der Waals surface area contributed by atoms with E-state index in [4.69, 9.17) is 4.99 Å². The molecule has 1 saturated heterocycles. The Labute approximate surface area is 206 Å². The molecule has 0 amide bonds. The number of aromatic nitrogens is 1. The molecule has 1 aromatic heterocycles. The van der Waals surface area contributed by atoms with Crippen LogP contribution in [-0.4, -0.2) is 22.1 Å². The fourth-order valence-corrected chi connectivity index (χ4v) is 9.13. The summed E-state index contributed by atoms with van der Waals surface area (Å²) in [5, 5.41) is 0. The van der Waals surface area contributed by atoms with E-state index in [-0.39, 0.29) is 17.6 Å². The van der Waals surface area contributed by atoms with Gasteiger partial charge < -0.3 is 0 Å². The van der Waals surface area contributed by atoms with Crippen molar-refractivity contribution >= 4 is 40.9 Å².